The first-order valence-corrected chi connectivity index (χ1v) is 6.14. The van der Waals surface area contributed by atoms with Crippen LogP contribution >= 0.6 is 0 Å². The third-order valence-corrected chi connectivity index (χ3v) is 2.77. The number of hydrogen-bond donors (Lipinski definition) is 2. The number of nitrogens with two attached hydrogens (primary N) is 1. The van der Waals surface area contributed by atoms with Gasteiger partial charge in [-0.05, 0) is 30.5 Å². The molecule has 0 aliphatic rings. The number of aromatic nitrogens is 1. The molecule has 0 spiro atoms. The van der Waals surface area contributed by atoms with Gasteiger partial charge in [-0.1, -0.05) is 20.3 Å². The van der Waals surface area contributed by atoms with Gasteiger partial charge in [0.2, 0.25) is 5.91 Å². The van der Waals surface area contributed by atoms with Gasteiger partial charge in [-0.25, -0.2) is 0 Å². The molecule has 0 aliphatic heterocycles. The fraction of sp³-hybridized carbons (Fsp3) is 0.538. The van der Waals surface area contributed by atoms with Crippen molar-refractivity contribution in [2.75, 3.05) is 0 Å². The molecule has 17 heavy (non-hydrogen) atoms. The molecule has 1 rings (SSSR count). The molecule has 0 bridgehead atoms. The average Bonchev–Trinajstić information content (AvgIpc) is 2.37. The number of nitrogens with zero attached hydrogens (tertiary/aromatic N) is 1. The van der Waals surface area contributed by atoms with E-state index in [9.17, 15) is 4.79 Å². The van der Waals surface area contributed by atoms with Gasteiger partial charge in [-0.2, -0.15) is 0 Å². The summed E-state index contributed by atoms with van der Waals surface area (Å²) in [7, 11) is 0. The third kappa shape index (κ3) is 4.15. The van der Waals surface area contributed by atoms with Gasteiger partial charge in [0.15, 0.2) is 0 Å². The highest BCUT2D eigenvalue weighted by Crippen LogP contribution is 2.15. The van der Waals surface area contributed by atoms with Crippen molar-refractivity contribution in [1.29, 1.82) is 0 Å². The maximum atomic E-state index is 11.8. The normalized spacial score (nSPS) is 14.1. The molecule has 1 heterocycles. The van der Waals surface area contributed by atoms with Crippen molar-refractivity contribution in [1.82, 2.24) is 10.3 Å². The van der Waals surface area contributed by atoms with Gasteiger partial charge >= 0.3 is 0 Å². The Morgan fingerprint density at radius 1 is 1.41 bits per heavy atom. The number of nitrogens with one attached hydrogen (secondary N) is 1. The van der Waals surface area contributed by atoms with Crippen LogP contribution in [0.25, 0.3) is 0 Å². The van der Waals surface area contributed by atoms with Gasteiger partial charge in [-0.3, -0.25) is 9.78 Å². The van der Waals surface area contributed by atoms with E-state index in [0.29, 0.717) is 0 Å². The summed E-state index contributed by atoms with van der Waals surface area (Å²) in [6.07, 6.45) is 5.94. The standard InChI is InChI=1S/C13H21N3O/c1-3-5-11(14)13(17)16-12(4-2)10-6-8-15-9-7-10/h6-9,11-12H,3-5,14H2,1-2H3,(H,16,17). The zero-order valence-electron chi connectivity index (χ0n) is 10.5. The van der Waals surface area contributed by atoms with E-state index in [0.717, 1.165) is 24.8 Å². The number of hydrogen-bond acceptors (Lipinski definition) is 3. The van der Waals surface area contributed by atoms with Gasteiger partial charge in [0.25, 0.3) is 0 Å². The van der Waals surface area contributed by atoms with Gasteiger partial charge in [0.05, 0.1) is 12.1 Å². The minimum Gasteiger partial charge on any atom is -0.348 e. The zero-order chi connectivity index (χ0) is 12.7. The van der Waals surface area contributed by atoms with Gasteiger partial charge in [0, 0.05) is 12.4 Å². The first kappa shape index (κ1) is 13.6. The number of carbonyl (C=O) groups excluding carboxylic acids is 1. The molecule has 2 atom stereocenters. The summed E-state index contributed by atoms with van der Waals surface area (Å²) in [5.74, 6) is -0.0736. The van der Waals surface area contributed by atoms with E-state index in [1.807, 2.05) is 26.0 Å². The highest BCUT2D eigenvalue weighted by Gasteiger charge is 2.17. The Labute approximate surface area is 103 Å². The monoisotopic (exact) mass is 235 g/mol. The van der Waals surface area contributed by atoms with E-state index < -0.39 is 6.04 Å². The van der Waals surface area contributed by atoms with Crippen molar-refractivity contribution in [3.05, 3.63) is 30.1 Å². The van der Waals surface area contributed by atoms with Crippen molar-refractivity contribution < 1.29 is 4.79 Å². The summed E-state index contributed by atoms with van der Waals surface area (Å²) in [6.45, 7) is 4.06. The minimum atomic E-state index is -0.407. The molecular formula is C13H21N3O. The highest BCUT2D eigenvalue weighted by molar-refractivity contribution is 5.81. The van der Waals surface area contributed by atoms with E-state index in [-0.39, 0.29) is 11.9 Å². The first-order valence-electron chi connectivity index (χ1n) is 6.14. The molecule has 4 heteroatoms. The molecular weight excluding hydrogens is 214 g/mol. The summed E-state index contributed by atoms with van der Waals surface area (Å²) in [5.41, 5.74) is 6.85. The average molecular weight is 235 g/mol. The summed E-state index contributed by atoms with van der Waals surface area (Å²) >= 11 is 0. The topological polar surface area (TPSA) is 68.0 Å². The van der Waals surface area contributed by atoms with Crippen LogP contribution in [0.5, 0.6) is 0 Å². The van der Waals surface area contributed by atoms with Crippen LogP contribution in [0.2, 0.25) is 0 Å². The van der Waals surface area contributed by atoms with Crippen molar-refractivity contribution in [3.8, 4) is 0 Å². The minimum absolute atomic E-state index is 0.0217. The van der Waals surface area contributed by atoms with Crippen molar-refractivity contribution in [2.24, 2.45) is 5.73 Å². The van der Waals surface area contributed by atoms with Crippen LogP contribution in [0, 0.1) is 0 Å². The van der Waals surface area contributed by atoms with Crippen LogP contribution in [-0.4, -0.2) is 16.9 Å². The Bertz CT molecular complexity index is 340. The molecule has 0 saturated carbocycles. The molecule has 0 radical (unpaired) electrons. The lowest BCUT2D eigenvalue weighted by molar-refractivity contribution is -0.123. The molecule has 0 aliphatic carbocycles. The largest absolute Gasteiger partial charge is 0.348 e. The van der Waals surface area contributed by atoms with Crippen LogP contribution in [-0.2, 0) is 4.79 Å². The molecule has 1 amide bonds. The number of pyridine rings is 1. The molecule has 0 saturated heterocycles. The molecule has 2 unspecified atom stereocenters. The molecule has 0 aromatic carbocycles. The second kappa shape index (κ2) is 7.01. The smallest absolute Gasteiger partial charge is 0.237 e. The van der Waals surface area contributed by atoms with Crippen molar-refractivity contribution >= 4 is 5.91 Å². The molecule has 1 aromatic heterocycles. The van der Waals surface area contributed by atoms with Gasteiger partial charge < -0.3 is 11.1 Å². The summed E-state index contributed by atoms with van der Waals surface area (Å²) in [5, 5.41) is 2.98. The third-order valence-electron chi connectivity index (χ3n) is 2.77. The van der Waals surface area contributed by atoms with Crippen molar-refractivity contribution in [2.45, 2.75) is 45.2 Å². The predicted octanol–water partition coefficient (Wildman–Crippen LogP) is 1.78. The van der Waals surface area contributed by atoms with Crippen LogP contribution < -0.4 is 11.1 Å². The Kier molecular flexibility index (Phi) is 5.63. The maximum absolute atomic E-state index is 11.8. The Balaban J connectivity index is 2.62. The Hall–Kier alpha value is -1.42. The van der Waals surface area contributed by atoms with Crippen LogP contribution in [0.3, 0.4) is 0 Å². The first-order chi connectivity index (χ1) is 8.19. The van der Waals surface area contributed by atoms with E-state index in [2.05, 4.69) is 10.3 Å². The van der Waals surface area contributed by atoms with Gasteiger partial charge in [0.1, 0.15) is 0 Å². The molecule has 0 fully saturated rings. The van der Waals surface area contributed by atoms with E-state index in [4.69, 9.17) is 5.73 Å². The maximum Gasteiger partial charge on any atom is 0.237 e. The fourth-order valence-electron chi connectivity index (χ4n) is 1.74. The van der Waals surface area contributed by atoms with Crippen LogP contribution in [0.1, 0.15) is 44.7 Å². The number of amides is 1. The molecule has 3 N–H and O–H groups in total. The number of rotatable bonds is 6. The molecule has 4 nitrogen and oxygen atoms in total. The van der Waals surface area contributed by atoms with E-state index >= 15 is 0 Å². The van der Waals surface area contributed by atoms with Gasteiger partial charge in [-0.15, -0.1) is 0 Å². The second-order valence-corrected chi connectivity index (χ2v) is 4.15. The lowest BCUT2D eigenvalue weighted by Gasteiger charge is -2.19. The highest BCUT2D eigenvalue weighted by atomic mass is 16.2. The Morgan fingerprint density at radius 2 is 2.06 bits per heavy atom. The molecule has 1 aromatic rings. The second-order valence-electron chi connectivity index (χ2n) is 4.15. The number of carbonyl (C=O) groups is 1. The molecule has 94 valence electrons. The summed E-state index contributed by atoms with van der Waals surface area (Å²) in [6, 6.07) is 3.45. The summed E-state index contributed by atoms with van der Waals surface area (Å²) in [4.78, 5) is 15.8. The Morgan fingerprint density at radius 3 is 2.59 bits per heavy atom. The summed E-state index contributed by atoms with van der Waals surface area (Å²) < 4.78 is 0. The zero-order valence-corrected chi connectivity index (χ0v) is 10.5. The van der Waals surface area contributed by atoms with Crippen LogP contribution in [0.4, 0.5) is 0 Å². The lowest BCUT2D eigenvalue weighted by Crippen LogP contribution is -2.42. The quantitative estimate of drug-likeness (QED) is 0.789. The van der Waals surface area contributed by atoms with Crippen molar-refractivity contribution in [3.63, 3.8) is 0 Å². The lowest BCUT2D eigenvalue weighted by atomic mass is 10.0. The van der Waals surface area contributed by atoms with E-state index in [1.54, 1.807) is 12.4 Å². The fourth-order valence-corrected chi connectivity index (χ4v) is 1.74. The predicted molar refractivity (Wildman–Crippen MR) is 68.3 cm³/mol. The SMILES string of the molecule is CCCC(N)C(=O)NC(CC)c1ccncc1. The van der Waals surface area contributed by atoms with Crippen LogP contribution in [0.15, 0.2) is 24.5 Å². The van der Waals surface area contributed by atoms with E-state index in [1.165, 1.54) is 0 Å².